The molecule has 0 atom stereocenters. The second-order valence-electron chi connectivity index (χ2n) is 7.72. The van der Waals surface area contributed by atoms with Crippen LogP contribution in [0.5, 0.6) is 0 Å². The smallest absolute Gasteiger partial charge is 0.227 e. The fraction of sp³-hybridized carbons (Fsp3) is 0.273. The van der Waals surface area contributed by atoms with Gasteiger partial charge in [0.1, 0.15) is 5.58 Å². The molecule has 4 rings (SSSR count). The zero-order valence-electron chi connectivity index (χ0n) is 15.3. The van der Waals surface area contributed by atoms with Crippen molar-refractivity contribution >= 4 is 22.1 Å². The van der Waals surface area contributed by atoms with Crippen LogP contribution in [0, 0.1) is 13.8 Å². The monoisotopic (exact) mass is 330 g/mol. The summed E-state index contributed by atoms with van der Waals surface area (Å²) in [6, 6.07) is 12.6. The van der Waals surface area contributed by atoms with E-state index in [4.69, 9.17) is 4.42 Å². The number of nitrogens with zero attached hydrogens (tertiary/aromatic N) is 2. The predicted molar refractivity (Wildman–Crippen MR) is 103 cm³/mol. The summed E-state index contributed by atoms with van der Waals surface area (Å²) >= 11 is 0. The van der Waals surface area contributed by atoms with E-state index in [-0.39, 0.29) is 5.41 Å². The molecule has 0 aliphatic rings. The van der Waals surface area contributed by atoms with Crippen LogP contribution < -0.4 is 0 Å². The maximum Gasteiger partial charge on any atom is 0.227 e. The van der Waals surface area contributed by atoms with Crippen molar-refractivity contribution in [1.82, 2.24) is 9.97 Å². The van der Waals surface area contributed by atoms with Crippen LogP contribution in [0.1, 0.15) is 37.6 Å². The minimum atomic E-state index is 0.0774. The average Bonchev–Trinajstić information content (AvgIpc) is 2.93. The summed E-state index contributed by atoms with van der Waals surface area (Å²) in [5.41, 5.74) is 7.00. The van der Waals surface area contributed by atoms with Gasteiger partial charge in [-0.05, 0) is 60.7 Å². The van der Waals surface area contributed by atoms with E-state index in [0.29, 0.717) is 5.71 Å². The quantitative estimate of drug-likeness (QED) is 0.432. The Kier molecular flexibility index (Phi) is 3.43. The Bertz CT molecular complexity index is 1100. The molecule has 3 heteroatoms. The Balaban J connectivity index is 2.03. The summed E-state index contributed by atoms with van der Waals surface area (Å²) in [6.45, 7) is 10.7. The van der Waals surface area contributed by atoms with E-state index in [9.17, 15) is 0 Å². The van der Waals surface area contributed by atoms with E-state index < -0.39 is 0 Å². The average molecular weight is 330 g/mol. The molecule has 0 N–H and O–H groups in total. The molecule has 0 saturated heterocycles. The number of fused-ring (bicyclic) bond motifs is 3. The minimum Gasteiger partial charge on any atom is -0.437 e. The van der Waals surface area contributed by atoms with Crippen molar-refractivity contribution in [1.29, 1.82) is 0 Å². The summed E-state index contributed by atoms with van der Waals surface area (Å²) in [6.07, 6.45) is 1.88. The number of pyridine rings is 2. The molecule has 0 unspecified atom stereocenters. The number of hydrogen-bond acceptors (Lipinski definition) is 3. The van der Waals surface area contributed by atoms with Crippen molar-refractivity contribution < 1.29 is 4.42 Å². The van der Waals surface area contributed by atoms with Crippen molar-refractivity contribution in [2.75, 3.05) is 0 Å². The van der Waals surface area contributed by atoms with E-state index in [2.05, 4.69) is 68.0 Å². The molecular formula is C22H22N2O. The molecule has 0 saturated carbocycles. The third-order valence-electron chi connectivity index (χ3n) is 4.74. The lowest BCUT2D eigenvalue weighted by atomic mass is 9.87. The molecular weight excluding hydrogens is 308 g/mol. The van der Waals surface area contributed by atoms with Crippen molar-refractivity contribution in [3.63, 3.8) is 0 Å². The van der Waals surface area contributed by atoms with Crippen LogP contribution in [0.15, 0.2) is 47.0 Å². The first-order valence-electron chi connectivity index (χ1n) is 8.61. The van der Waals surface area contributed by atoms with Crippen LogP contribution in [-0.2, 0) is 5.41 Å². The summed E-state index contributed by atoms with van der Waals surface area (Å²) in [7, 11) is 0. The number of aryl methyl sites for hydroxylation is 2. The van der Waals surface area contributed by atoms with Crippen LogP contribution in [0.4, 0.5) is 0 Å². The molecule has 0 amide bonds. The lowest BCUT2D eigenvalue weighted by Gasteiger charge is -2.19. The Labute approximate surface area is 147 Å². The van der Waals surface area contributed by atoms with Gasteiger partial charge in [-0.1, -0.05) is 26.8 Å². The summed E-state index contributed by atoms with van der Waals surface area (Å²) in [5.74, 6) is 0. The highest BCUT2D eigenvalue weighted by molar-refractivity contribution is 6.10. The van der Waals surface area contributed by atoms with Crippen molar-refractivity contribution in [3.8, 4) is 11.3 Å². The molecule has 25 heavy (non-hydrogen) atoms. The first-order chi connectivity index (χ1) is 11.8. The van der Waals surface area contributed by atoms with Gasteiger partial charge in [0, 0.05) is 28.2 Å². The molecule has 3 heterocycles. The molecule has 0 bridgehead atoms. The van der Waals surface area contributed by atoms with Gasteiger partial charge in [0.15, 0.2) is 0 Å². The molecule has 0 spiro atoms. The topological polar surface area (TPSA) is 38.9 Å². The van der Waals surface area contributed by atoms with Crippen LogP contribution in [0.2, 0.25) is 0 Å². The van der Waals surface area contributed by atoms with Crippen LogP contribution in [0.25, 0.3) is 33.3 Å². The fourth-order valence-electron chi connectivity index (χ4n) is 3.27. The molecule has 0 radical (unpaired) electrons. The van der Waals surface area contributed by atoms with E-state index in [0.717, 1.165) is 33.3 Å². The summed E-state index contributed by atoms with van der Waals surface area (Å²) in [5, 5.41) is 2.19. The molecule has 4 aromatic rings. The largest absolute Gasteiger partial charge is 0.437 e. The second-order valence-corrected chi connectivity index (χ2v) is 7.72. The maximum absolute atomic E-state index is 6.17. The Morgan fingerprint density at radius 1 is 0.960 bits per heavy atom. The normalized spacial score (nSPS) is 12.2. The van der Waals surface area contributed by atoms with Crippen LogP contribution in [0.3, 0.4) is 0 Å². The lowest BCUT2D eigenvalue weighted by molar-refractivity contribution is 0.589. The fourth-order valence-corrected chi connectivity index (χ4v) is 3.27. The molecule has 3 nitrogen and oxygen atoms in total. The Morgan fingerprint density at radius 2 is 1.76 bits per heavy atom. The molecule has 0 aliphatic carbocycles. The van der Waals surface area contributed by atoms with E-state index in [1.165, 1.54) is 11.1 Å². The van der Waals surface area contributed by atoms with Gasteiger partial charge in [0.25, 0.3) is 0 Å². The van der Waals surface area contributed by atoms with Gasteiger partial charge < -0.3 is 4.42 Å². The predicted octanol–water partition coefficient (Wildman–Crippen LogP) is 5.96. The third kappa shape index (κ3) is 2.60. The zero-order valence-corrected chi connectivity index (χ0v) is 15.3. The Morgan fingerprint density at radius 3 is 2.52 bits per heavy atom. The van der Waals surface area contributed by atoms with E-state index in [1.807, 2.05) is 19.2 Å². The minimum absolute atomic E-state index is 0.0774. The van der Waals surface area contributed by atoms with Crippen LogP contribution >= 0.6 is 0 Å². The van der Waals surface area contributed by atoms with E-state index >= 15 is 0 Å². The van der Waals surface area contributed by atoms with Gasteiger partial charge in [0.05, 0.1) is 5.69 Å². The first-order valence-corrected chi connectivity index (χ1v) is 8.61. The van der Waals surface area contributed by atoms with Gasteiger partial charge in [-0.2, -0.15) is 0 Å². The van der Waals surface area contributed by atoms with Crippen molar-refractivity contribution in [2.45, 2.75) is 40.0 Å². The zero-order chi connectivity index (χ0) is 17.8. The lowest BCUT2D eigenvalue weighted by Crippen LogP contribution is -2.11. The maximum atomic E-state index is 6.17. The first kappa shape index (κ1) is 15.8. The van der Waals surface area contributed by atoms with Crippen molar-refractivity contribution in [2.24, 2.45) is 0 Å². The summed E-state index contributed by atoms with van der Waals surface area (Å²) < 4.78 is 6.17. The van der Waals surface area contributed by atoms with Crippen molar-refractivity contribution in [3.05, 3.63) is 59.4 Å². The molecule has 0 fully saturated rings. The number of hydrogen-bond donors (Lipinski definition) is 0. The highest BCUT2D eigenvalue weighted by atomic mass is 16.3. The second kappa shape index (κ2) is 5.41. The highest BCUT2D eigenvalue weighted by Gasteiger charge is 2.18. The van der Waals surface area contributed by atoms with Gasteiger partial charge in [0.2, 0.25) is 5.71 Å². The molecule has 1 aromatic carbocycles. The molecule has 0 aliphatic heterocycles. The van der Waals surface area contributed by atoms with Crippen LogP contribution in [-0.4, -0.2) is 9.97 Å². The number of furan rings is 1. The van der Waals surface area contributed by atoms with E-state index in [1.54, 1.807) is 0 Å². The van der Waals surface area contributed by atoms with Gasteiger partial charge in [-0.25, -0.2) is 4.98 Å². The van der Waals surface area contributed by atoms with Gasteiger partial charge in [-0.3, -0.25) is 4.98 Å². The number of aromatic nitrogens is 2. The third-order valence-corrected chi connectivity index (χ3v) is 4.74. The van der Waals surface area contributed by atoms with Gasteiger partial charge >= 0.3 is 0 Å². The number of benzene rings is 1. The highest BCUT2D eigenvalue weighted by Crippen LogP contribution is 2.37. The Hall–Kier alpha value is -2.68. The molecule has 3 aromatic heterocycles. The number of rotatable bonds is 1. The van der Waals surface area contributed by atoms with Gasteiger partial charge in [-0.15, -0.1) is 0 Å². The standard InChI is InChI=1S/C22H22N2O/c1-13-6-8-16(18-12-15(10-11-23-18)22(3,4)5)20-19(13)17-9-7-14(2)24-21(17)25-20/h6-12H,1-5H3. The SMILES string of the molecule is Cc1ccc2c(n1)oc1c(-c3cc(C(C)(C)C)ccn3)ccc(C)c12. The molecule has 126 valence electrons. The summed E-state index contributed by atoms with van der Waals surface area (Å²) in [4.78, 5) is 9.17.